The van der Waals surface area contributed by atoms with Gasteiger partial charge in [-0.05, 0) is 31.4 Å². The second kappa shape index (κ2) is 5.07. The lowest BCUT2D eigenvalue weighted by Crippen LogP contribution is -2.29. The molecular weight excluding hydrogens is 184 g/mol. The van der Waals surface area contributed by atoms with E-state index in [1.54, 1.807) is 0 Å². The van der Waals surface area contributed by atoms with Crippen molar-refractivity contribution in [1.29, 1.82) is 0 Å². The number of halogens is 1. The second-order valence-corrected chi connectivity index (χ2v) is 3.24. The van der Waals surface area contributed by atoms with Gasteiger partial charge in [0.05, 0.1) is 0 Å². The maximum atomic E-state index is 4.33. The number of piperidine rings is 1. The minimum Gasteiger partial charge on any atom is -0.357 e. The predicted molar refractivity (Wildman–Crippen MR) is 57.5 cm³/mol. The molecule has 0 saturated carbocycles. The van der Waals surface area contributed by atoms with E-state index in [9.17, 15) is 0 Å². The van der Waals surface area contributed by atoms with Gasteiger partial charge in [0.2, 0.25) is 0 Å². The zero-order valence-electron chi connectivity index (χ0n) is 7.65. The molecule has 1 saturated heterocycles. The van der Waals surface area contributed by atoms with Crippen molar-refractivity contribution in [3.05, 3.63) is 24.4 Å². The Morgan fingerprint density at radius 1 is 1.08 bits per heavy atom. The molecule has 2 nitrogen and oxygen atoms in total. The summed E-state index contributed by atoms with van der Waals surface area (Å²) < 4.78 is 0. The predicted octanol–water partition coefficient (Wildman–Crippen LogP) is 2.49. The van der Waals surface area contributed by atoms with Gasteiger partial charge in [0.1, 0.15) is 5.82 Å². The van der Waals surface area contributed by atoms with Crippen molar-refractivity contribution in [3.63, 3.8) is 0 Å². The van der Waals surface area contributed by atoms with Crippen LogP contribution in [0.15, 0.2) is 24.4 Å². The summed E-state index contributed by atoms with van der Waals surface area (Å²) in [5, 5.41) is 0. The van der Waals surface area contributed by atoms with E-state index in [4.69, 9.17) is 0 Å². The molecule has 13 heavy (non-hydrogen) atoms. The smallest absolute Gasteiger partial charge is 0.128 e. The minimum absolute atomic E-state index is 0. The standard InChI is InChI=1S/C10H14N2.ClH/c1-4-8-12(9-5-1)10-6-2-3-7-11-10;/h2-3,6-7H,1,4-5,8-9H2;1H. The van der Waals surface area contributed by atoms with E-state index in [0.29, 0.717) is 0 Å². The number of rotatable bonds is 1. The summed E-state index contributed by atoms with van der Waals surface area (Å²) in [6.07, 6.45) is 5.88. The van der Waals surface area contributed by atoms with Gasteiger partial charge in [-0.15, -0.1) is 12.4 Å². The molecular formula is C10H15ClN2. The Morgan fingerprint density at radius 3 is 2.46 bits per heavy atom. The summed E-state index contributed by atoms with van der Waals surface area (Å²) in [5.41, 5.74) is 0. The molecule has 1 aliphatic heterocycles. The van der Waals surface area contributed by atoms with Gasteiger partial charge >= 0.3 is 0 Å². The Labute approximate surface area is 85.4 Å². The van der Waals surface area contributed by atoms with Crippen LogP contribution in [0.5, 0.6) is 0 Å². The zero-order valence-corrected chi connectivity index (χ0v) is 8.46. The molecule has 0 unspecified atom stereocenters. The summed E-state index contributed by atoms with van der Waals surface area (Å²) in [5.74, 6) is 1.14. The average Bonchev–Trinajstić information content (AvgIpc) is 2.21. The highest BCUT2D eigenvalue weighted by atomic mass is 35.5. The van der Waals surface area contributed by atoms with Crippen molar-refractivity contribution in [3.8, 4) is 0 Å². The Balaban J connectivity index is 0.000000845. The van der Waals surface area contributed by atoms with Crippen molar-refractivity contribution >= 4 is 18.2 Å². The zero-order chi connectivity index (χ0) is 8.23. The van der Waals surface area contributed by atoms with Crippen LogP contribution in [-0.2, 0) is 0 Å². The fourth-order valence-corrected chi connectivity index (χ4v) is 1.66. The van der Waals surface area contributed by atoms with Gasteiger partial charge in [0, 0.05) is 19.3 Å². The first-order valence-electron chi connectivity index (χ1n) is 4.63. The molecule has 3 heteroatoms. The third-order valence-electron chi connectivity index (χ3n) is 2.33. The lowest BCUT2D eigenvalue weighted by Gasteiger charge is -2.27. The van der Waals surface area contributed by atoms with E-state index in [-0.39, 0.29) is 12.4 Å². The van der Waals surface area contributed by atoms with Crippen LogP contribution < -0.4 is 4.90 Å². The van der Waals surface area contributed by atoms with Crippen LogP contribution in [0.4, 0.5) is 5.82 Å². The number of hydrogen-bond donors (Lipinski definition) is 0. The highest BCUT2D eigenvalue weighted by molar-refractivity contribution is 5.85. The van der Waals surface area contributed by atoms with Crippen LogP contribution in [0.3, 0.4) is 0 Å². The first-order chi connectivity index (χ1) is 5.97. The molecule has 1 aromatic rings. The molecule has 0 radical (unpaired) electrons. The van der Waals surface area contributed by atoms with E-state index in [1.807, 2.05) is 12.3 Å². The van der Waals surface area contributed by atoms with Gasteiger partial charge in [0.25, 0.3) is 0 Å². The highest BCUT2D eigenvalue weighted by Gasteiger charge is 2.10. The van der Waals surface area contributed by atoms with Crippen molar-refractivity contribution in [2.24, 2.45) is 0 Å². The largest absolute Gasteiger partial charge is 0.357 e. The van der Waals surface area contributed by atoms with E-state index in [0.717, 1.165) is 5.82 Å². The van der Waals surface area contributed by atoms with Gasteiger partial charge in [0.15, 0.2) is 0 Å². The lowest BCUT2D eigenvalue weighted by atomic mass is 10.1. The SMILES string of the molecule is Cl.c1ccc(N2CCCCC2)nc1. The molecule has 0 atom stereocenters. The van der Waals surface area contributed by atoms with Gasteiger partial charge in [-0.25, -0.2) is 4.98 Å². The monoisotopic (exact) mass is 198 g/mol. The normalized spacial score (nSPS) is 16.5. The molecule has 1 aromatic heterocycles. The quantitative estimate of drug-likeness (QED) is 0.690. The van der Waals surface area contributed by atoms with Gasteiger partial charge in [-0.2, -0.15) is 0 Å². The highest BCUT2D eigenvalue weighted by Crippen LogP contribution is 2.15. The Morgan fingerprint density at radius 2 is 1.85 bits per heavy atom. The molecule has 2 rings (SSSR count). The summed E-state index contributed by atoms with van der Waals surface area (Å²) in [6.45, 7) is 2.36. The molecule has 0 bridgehead atoms. The minimum atomic E-state index is 0. The molecule has 1 aliphatic rings. The Kier molecular flexibility index (Phi) is 4.03. The van der Waals surface area contributed by atoms with Crippen LogP contribution in [0.25, 0.3) is 0 Å². The van der Waals surface area contributed by atoms with Crippen LogP contribution in [0, 0.1) is 0 Å². The van der Waals surface area contributed by atoms with Crippen LogP contribution in [0.2, 0.25) is 0 Å². The fourth-order valence-electron chi connectivity index (χ4n) is 1.66. The Bertz CT molecular complexity index is 232. The Hall–Kier alpha value is -0.760. The molecule has 0 amide bonds. The van der Waals surface area contributed by atoms with Crippen molar-refractivity contribution in [1.82, 2.24) is 4.98 Å². The molecule has 1 fully saturated rings. The number of nitrogens with zero attached hydrogens (tertiary/aromatic N) is 2. The van der Waals surface area contributed by atoms with Crippen LogP contribution >= 0.6 is 12.4 Å². The summed E-state index contributed by atoms with van der Waals surface area (Å²) in [6, 6.07) is 6.11. The number of aromatic nitrogens is 1. The molecule has 2 heterocycles. The number of hydrogen-bond acceptors (Lipinski definition) is 2. The average molecular weight is 199 g/mol. The topological polar surface area (TPSA) is 16.1 Å². The first-order valence-corrected chi connectivity index (χ1v) is 4.63. The molecule has 72 valence electrons. The van der Waals surface area contributed by atoms with Gasteiger partial charge in [-0.3, -0.25) is 0 Å². The summed E-state index contributed by atoms with van der Waals surface area (Å²) >= 11 is 0. The summed E-state index contributed by atoms with van der Waals surface area (Å²) in [4.78, 5) is 6.69. The van der Waals surface area contributed by atoms with Crippen LogP contribution in [-0.4, -0.2) is 18.1 Å². The molecule has 0 spiro atoms. The number of anilines is 1. The van der Waals surface area contributed by atoms with Crippen LogP contribution in [0.1, 0.15) is 19.3 Å². The van der Waals surface area contributed by atoms with E-state index >= 15 is 0 Å². The lowest BCUT2D eigenvalue weighted by molar-refractivity contribution is 0.573. The third-order valence-corrected chi connectivity index (χ3v) is 2.33. The maximum absolute atomic E-state index is 4.33. The van der Waals surface area contributed by atoms with Crippen molar-refractivity contribution < 1.29 is 0 Å². The van der Waals surface area contributed by atoms with E-state index in [2.05, 4.69) is 22.0 Å². The third kappa shape index (κ3) is 2.59. The van der Waals surface area contributed by atoms with Gasteiger partial charge in [-0.1, -0.05) is 6.07 Å². The molecule has 0 N–H and O–H groups in total. The number of pyridine rings is 1. The first kappa shape index (κ1) is 10.3. The summed E-state index contributed by atoms with van der Waals surface area (Å²) in [7, 11) is 0. The maximum Gasteiger partial charge on any atom is 0.128 e. The van der Waals surface area contributed by atoms with E-state index in [1.165, 1.54) is 32.4 Å². The molecule has 0 aromatic carbocycles. The van der Waals surface area contributed by atoms with Crippen molar-refractivity contribution in [2.45, 2.75) is 19.3 Å². The molecule has 0 aliphatic carbocycles. The van der Waals surface area contributed by atoms with Crippen molar-refractivity contribution in [2.75, 3.05) is 18.0 Å². The van der Waals surface area contributed by atoms with Gasteiger partial charge < -0.3 is 4.90 Å². The van der Waals surface area contributed by atoms with E-state index < -0.39 is 0 Å². The second-order valence-electron chi connectivity index (χ2n) is 3.24. The fraction of sp³-hybridized carbons (Fsp3) is 0.500.